The molecule has 0 saturated carbocycles. The fraction of sp³-hybridized carbons (Fsp3) is 0.304. The van der Waals surface area contributed by atoms with Crippen LogP contribution in [0, 0.1) is 0 Å². The van der Waals surface area contributed by atoms with Crippen molar-refractivity contribution in [1.29, 1.82) is 0 Å². The Morgan fingerprint density at radius 1 is 1.06 bits per heavy atom. The van der Waals surface area contributed by atoms with Crippen LogP contribution in [0.5, 0.6) is 0 Å². The summed E-state index contributed by atoms with van der Waals surface area (Å²) in [6, 6.07) is 14.3. The summed E-state index contributed by atoms with van der Waals surface area (Å²) in [6.45, 7) is 6.08. The number of halogens is 1. The van der Waals surface area contributed by atoms with Crippen LogP contribution in [-0.4, -0.2) is 32.3 Å². The number of nitrogens with zero attached hydrogens (tertiary/aromatic N) is 3. The third-order valence-corrected chi connectivity index (χ3v) is 6.27. The number of hydrogen-bond donors (Lipinski definition) is 2. The number of thioether (sulfide) groups is 1. The second kappa shape index (κ2) is 10.7. The normalized spacial score (nSPS) is 11.9. The van der Waals surface area contributed by atoms with E-state index in [1.165, 1.54) is 17.3 Å². The fourth-order valence-electron chi connectivity index (χ4n) is 3.09. The SMILES string of the molecule is CC(C)c1ccc(NC(=O)CSc2nnc([C@H](C)NC(=O)c3ccccc3Cl)n2C)cc1. The zero-order valence-electron chi connectivity index (χ0n) is 18.4. The Balaban J connectivity index is 1.56. The van der Waals surface area contributed by atoms with Crippen LogP contribution in [0.3, 0.4) is 0 Å². The summed E-state index contributed by atoms with van der Waals surface area (Å²) < 4.78 is 1.77. The van der Waals surface area contributed by atoms with Crippen LogP contribution >= 0.6 is 23.4 Å². The molecule has 7 nitrogen and oxygen atoms in total. The molecule has 0 aliphatic heterocycles. The summed E-state index contributed by atoms with van der Waals surface area (Å²) >= 11 is 7.38. The van der Waals surface area contributed by atoms with Crippen LogP contribution in [0.25, 0.3) is 0 Å². The van der Waals surface area contributed by atoms with E-state index in [-0.39, 0.29) is 23.6 Å². The molecule has 0 aliphatic rings. The largest absolute Gasteiger partial charge is 0.342 e. The lowest BCUT2D eigenvalue weighted by Gasteiger charge is -2.14. The molecule has 1 atom stereocenters. The van der Waals surface area contributed by atoms with Crippen molar-refractivity contribution in [2.45, 2.75) is 37.9 Å². The first kappa shape index (κ1) is 23.8. The van der Waals surface area contributed by atoms with E-state index in [9.17, 15) is 9.59 Å². The van der Waals surface area contributed by atoms with Crippen LogP contribution in [0.2, 0.25) is 5.02 Å². The van der Waals surface area contributed by atoms with Crippen LogP contribution in [0.1, 0.15) is 54.5 Å². The molecule has 2 amide bonds. The molecule has 3 aromatic rings. The van der Waals surface area contributed by atoms with Crippen molar-refractivity contribution in [3.8, 4) is 0 Å². The first-order chi connectivity index (χ1) is 15.3. The summed E-state index contributed by atoms with van der Waals surface area (Å²) in [6.07, 6.45) is 0. The van der Waals surface area contributed by atoms with E-state index in [2.05, 4.69) is 34.7 Å². The number of rotatable bonds is 8. The molecule has 2 aromatic carbocycles. The van der Waals surface area contributed by atoms with Gasteiger partial charge < -0.3 is 15.2 Å². The van der Waals surface area contributed by atoms with Gasteiger partial charge in [0, 0.05) is 12.7 Å². The smallest absolute Gasteiger partial charge is 0.253 e. The predicted molar refractivity (Wildman–Crippen MR) is 128 cm³/mol. The summed E-state index contributed by atoms with van der Waals surface area (Å²) in [5.41, 5.74) is 2.38. The van der Waals surface area contributed by atoms with Crippen molar-refractivity contribution in [3.63, 3.8) is 0 Å². The molecule has 0 saturated heterocycles. The van der Waals surface area contributed by atoms with Gasteiger partial charge in [-0.25, -0.2) is 0 Å². The van der Waals surface area contributed by atoms with Crippen molar-refractivity contribution < 1.29 is 9.59 Å². The number of benzene rings is 2. The molecule has 9 heteroatoms. The van der Waals surface area contributed by atoms with Gasteiger partial charge in [0.05, 0.1) is 22.4 Å². The Labute approximate surface area is 197 Å². The molecule has 1 aromatic heterocycles. The summed E-state index contributed by atoms with van der Waals surface area (Å²) in [4.78, 5) is 24.8. The highest BCUT2D eigenvalue weighted by atomic mass is 35.5. The molecule has 0 unspecified atom stereocenters. The van der Waals surface area contributed by atoms with Crippen molar-refractivity contribution in [2.24, 2.45) is 7.05 Å². The first-order valence-corrected chi connectivity index (χ1v) is 11.6. The molecule has 0 aliphatic carbocycles. The van der Waals surface area contributed by atoms with Crippen LogP contribution in [0.15, 0.2) is 53.7 Å². The molecule has 1 heterocycles. The summed E-state index contributed by atoms with van der Waals surface area (Å²) in [5, 5.41) is 15.1. The van der Waals surface area contributed by atoms with Gasteiger partial charge in [-0.1, -0.05) is 61.5 Å². The second-order valence-electron chi connectivity index (χ2n) is 7.69. The lowest BCUT2D eigenvalue weighted by molar-refractivity contribution is -0.113. The first-order valence-electron chi connectivity index (χ1n) is 10.2. The highest BCUT2D eigenvalue weighted by Crippen LogP contribution is 2.22. The molecule has 0 bridgehead atoms. The maximum Gasteiger partial charge on any atom is 0.253 e. The van der Waals surface area contributed by atoms with Gasteiger partial charge in [0.15, 0.2) is 11.0 Å². The quantitative estimate of drug-likeness (QED) is 0.460. The van der Waals surface area contributed by atoms with E-state index in [1.54, 1.807) is 35.9 Å². The monoisotopic (exact) mass is 471 g/mol. The Morgan fingerprint density at radius 3 is 2.41 bits per heavy atom. The molecule has 3 rings (SSSR count). The molecule has 2 N–H and O–H groups in total. The number of anilines is 1. The molecule has 0 radical (unpaired) electrons. The number of hydrogen-bond acceptors (Lipinski definition) is 5. The van der Waals surface area contributed by atoms with E-state index >= 15 is 0 Å². The number of aromatic nitrogens is 3. The Kier molecular flexibility index (Phi) is 7.93. The van der Waals surface area contributed by atoms with Crippen molar-refractivity contribution >= 4 is 40.9 Å². The third kappa shape index (κ3) is 5.89. The molecule has 0 spiro atoms. The Bertz CT molecular complexity index is 1100. The molecule has 0 fully saturated rings. The topological polar surface area (TPSA) is 88.9 Å². The number of nitrogens with one attached hydrogen (secondary N) is 2. The van der Waals surface area contributed by atoms with Crippen LogP contribution in [0.4, 0.5) is 5.69 Å². The maximum absolute atomic E-state index is 12.5. The van der Waals surface area contributed by atoms with Gasteiger partial charge >= 0.3 is 0 Å². The van der Waals surface area contributed by atoms with Crippen LogP contribution in [-0.2, 0) is 11.8 Å². The van der Waals surface area contributed by atoms with Gasteiger partial charge in [-0.3, -0.25) is 9.59 Å². The fourth-order valence-corrected chi connectivity index (χ4v) is 4.03. The van der Waals surface area contributed by atoms with E-state index in [4.69, 9.17) is 11.6 Å². The lowest BCUT2D eigenvalue weighted by Crippen LogP contribution is -2.28. The van der Waals surface area contributed by atoms with Crippen LogP contribution < -0.4 is 10.6 Å². The van der Waals surface area contributed by atoms with Gasteiger partial charge in [-0.2, -0.15) is 0 Å². The Morgan fingerprint density at radius 2 is 1.75 bits per heavy atom. The van der Waals surface area contributed by atoms with E-state index in [1.807, 2.05) is 31.2 Å². The predicted octanol–water partition coefficient (Wildman–Crippen LogP) is 4.81. The van der Waals surface area contributed by atoms with Gasteiger partial charge in [-0.15, -0.1) is 10.2 Å². The zero-order valence-corrected chi connectivity index (χ0v) is 20.0. The summed E-state index contributed by atoms with van der Waals surface area (Å²) in [7, 11) is 1.80. The maximum atomic E-state index is 12.5. The number of amides is 2. The number of carbonyl (C=O) groups excluding carboxylic acids is 2. The minimum Gasteiger partial charge on any atom is -0.342 e. The van der Waals surface area contributed by atoms with Gasteiger partial charge in [0.2, 0.25) is 5.91 Å². The van der Waals surface area contributed by atoms with Gasteiger partial charge in [0.25, 0.3) is 5.91 Å². The molecular formula is C23H26ClN5O2S. The van der Waals surface area contributed by atoms with Gasteiger partial charge in [-0.05, 0) is 42.7 Å². The van der Waals surface area contributed by atoms with Crippen molar-refractivity contribution in [2.75, 3.05) is 11.1 Å². The highest BCUT2D eigenvalue weighted by molar-refractivity contribution is 7.99. The second-order valence-corrected chi connectivity index (χ2v) is 9.04. The zero-order chi connectivity index (χ0) is 23.3. The lowest BCUT2D eigenvalue weighted by atomic mass is 10.0. The minimum atomic E-state index is -0.390. The molecule has 32 heavy (non-hydrogen) atoms. The van der Waals surface area contributed by atoms with E-state index in [0.29, 0.717) is 27.5 Å². The highest BCUT2D eigenvalue weighted by Gasteiger charge is 2.20. The van der Waals surface area contributed by atoms with Crippen molar-refractivity contribution in [3.05, 3.63) is 70.5 Å². The molecular weight excluding hydrogens is 446 g/mol. The standard InChI is InChI=1S/C23H26ClN5O2S/c1-14(2)16-9-11-17(12-10-16)26-20(30)13-32-23-28-27-21(29(23)4)15(3)25-22(31)18-7-5-6-8-19(18)24/h5-12,14-15H,13H2,1-4H3,(H,25,31)(H,26,30)/t15-/m0/s1. The minimum absolute atomic E-state index is 0.128. The Hall–Kier alpha value is -2.84. The van der Waals surface area contributed by atoms with Crippen molar-refractivity contribution in [1.82, 2.24) is 20.1 Å². The summed E-state index contributed by atoms with van der Waals surface area (Å²) in [5.74, 6) is 0.799. The van der Waals surface area contributed by atoms with E-state index < -0.39 is 0 Å². The van der Waals surface area contributed by atoms with Gasteiger partial charge in [0.1, 0.15) is 0 Å². The molecule has 168 valence electrons. The number of carbonyl (C=O) groups is 2. The van der Waals surface area contributed by atoms with E-state index in [0.717, 1.165) is 5.69 Å². The average molecular weight is 472 g/mol. The average Bonchev–Trinajstić information content (AvgIpc) is 3.13. The third-order valence-electron chi connectivity index (χ3n) is 4.92.